The molecule has 0 aliphatic rings. The molecule has 0 heterocycles. The summed E-state index contributed by atoms with van der Waals surface area (Å²) in [5.41, 5.74) is 0.986. The van der Waals surface area contributed by atoms with Crippen molar-refractivity contribution >= 4 is 20.6 Å². The molecule has 0 saturated carbocycles. The second-order valence-corrected chi connectivity index (χ2v) is 2.53. The average Bonchev–Trinajstić information content (AvgIpc) is 2.16. The number of benzene rings is 1. The highest BCUT2D eigenvalue weighted by Crippen LogP contribution is 1.99. The van der Waals surface area contributed by atoms with Crippen LogP contribution in [0.2, 0.25) is 0 Å². The van der Waals surface area contributed by atoms with E-state index < -0.39 is 0 Å². The first-order valence-electron chi connectivity index (χ1n) is 3.54. The third kappa shape index (κ3) is 2.85. The molecule has 0 N–H and O–H groups in total. The first-order valence-corrected chi connectivity index (χ1v) is 4.12. The lowest BCUT2D eigenvalue weighted by atomic mass is 10.2. The van der Waals surface area contributed by atoms with Gasteiger partial charge in [-0.2, -0.15) is 0 Å². The summed E-state index contributed by atoms with van der Waals surface area (Å²) in [6.45, 7) is 0.320. The summed E-state index contributed by atoms with van der Waals surface area (Å²) in [4.78, 5) is 10.7. The molecule has 3 heteroatoms. The number of carbonyl (C=O) groups is 1. The quantitative estimate of drug-likeness (QED) is 0.522. The van der Waals surface area contributed by atoms with Crippen molar-refractivity contribution in [1.82, 2.24) is 0 Å². The monoisotopic (exact) mass is 180 g/mol. The van der Waals surface area contributed by atoms with Crippen LogP contribution in [0.15, 0.2) is 30.3 Å². The Morgan fingerprint density at radius 2 is 2.08 bits per heavy atom. The van der Waals surface area contributed by atoms with E-state index >= 15 is 0 Å². The van der Waals surface area contributed by atoms with Gasteiger partial charge in [0, 0.05) is 5.80 Å². The number of ether oxygens (including phenoxy) is 1. The Bertz CT molecular complexity index is 269. The third-order valence-electron chi connectivity index (χ3n) is 1.34. The lowest BCUT2D eigenvalue weighted by Crippen LogP contribution is -2.03. The fraction of sp³-hybridized carbons (Fsp3) is 0.111. The van der Waals surface area contributed by atoms with Gasteiger partial charge in [-0.3, -0.25) is 0 Å². The summed E-state index contributed by atoms with van der Waals surface area (Å²) in [5, 5.41) is 0. The molecule has 0 amide bonds. The first-order chi connectivity index (χ1) is 5.83. The molecule has 0 atom stereocenters. The first kappa shape index (κ1) is 8.95. The van der Waals surface area contributed by atoms with Gasteiger partial charge in [-0.25, -0.2) is 4.79 Å². The van der Waals surface area contributed by atoms with Gasteiger partial charge in [0.25, 0.3) is 0 Å². The van der Waals surface area contributed by atoms with E-state index in [-0.39, 0.29) is 5.97 Å². The standard InChI is InChI=1S/C9H9O2P/c10-9(7-12)11-6-8-4-2-1-3-5-8/h1-5,7,12H,6H2. The maximum absolute atomic E-state index is 10.7. The molecule has 1 rings (SSSR count). The molecule has 0 spiro atoms. The lowest BCUT2D eigenvalue weighted by Gasteiger charge is -2.00. The van der Waals surface area contributed by atoms with Gasteiger partial charge in [0.2, 0.25) is 0 Å². The normalized spacial score (nSPS) is 9.00. The molecule has 0 radical (unpaired) electrons. The van der Waals surface area contributed by atoms with Crippen molar-refractivity contribution in [3.8, 4) is 0 Å². The second-order valence-electron chi connectivity index (χ2n) is 2.24. The van der Waals surface area contributed by atoms with E-state index in [9.17, 15) is 4.79 Å². The fourth-order valence-corrected chi connectivity index (χ4v) is 0.854. The molecule has 1 aromatic carbocycles. The summed E-state index contributed by atoms with van der Waals surface area (Å²) in [7, 11) is 2.93. The Kier molecular flexibility index (Phi) is 3.49. The van der Waals surface area contributed by atoms with Crippen molar-refractivity contribution in [1.29, 1.82) is 0 Å². The number of esters is 1. The minimum Gasteiger partial charge on any atom is -0.457 e. The van der Waals surface area contributed by atoms with Crippen LogP contribution in [0.4, 0.5) is 0 Å². The number of rotatable bonds is 3. The highest BCUT2D eigenvalue weighted by molar-refractivity contribution is 7.21. The smallest absolute Gasteiger partial charge is 0.335 e. The number of hydrogen-bond donors (Lipinski definition) is 0. The minimum atomic E-state index is -0.365. The van der Waals surface area contributed by atoms with Crippen LogP contribution in [0.1, 0.15) is 5.56 Å². The zero-order chi connectivity index (χ0) is 8.81. The van der Waals surface area contributed by atoms with Crippen molar-refractivity contribution in [2.45, 2.75) is 6.61 Å². The van der Waals surface area contributed by atoms with Crippen molar-refractivity contribution in [3.63, 3.8) is 0 Å². The number of hydrogen-bond acceptors (Lipinski definition) is 2. The largest absolute Gasteiger partial charge is 0.457 e. The second kappa shape index (κ2) is 4.68. The van der Waals surface area contributed by atoms with Crippen LogP contribution < -0.4 is 0 Å². The van der Waals surface area contributed by atoms with Gasteiger partial charge in [0.1, 0.15) is 6.61 Å². The van der Waals surface area contributed by atoms with E-state index in [1.165, 1.54) is 5.80 Å². The Morgan fingerprint density at radius 1 is 1.42 bits per heavy atom. The molecule has 0 aliphatic carbocycles. The van der Waals surface area contributed by atoms with E-state index in [1.54, 1.807) is 0 Å². The van der Waals surface area contributed by atoms with Gasteiger partial charge in [0.15, 0.2) is 0 Å². The van der Waals surface area contributed by atoms with Crippen LogP contribution in [-0.2, 0) is 16.1 Å². The zero-order valence-electron chi connectivity index (χ0n) is 6.49. The van der Waals surface area contributed by atoms with E-state index in [0.29, 0.717) is 6.61 Å². The van der Waals surface area contributed by atoms with Crippen molar-refractivity contribution < 1.29 is 9.53 Å². The molecule has 0 unspecified atom stereocenters. The summed E-state index contributed by atoms with van der Waals surface area (Å²) < 4.78 is 4.83. The summed E-state index contributed by atoms with van der Waals surface area (Å²) in [5.74, 6) is 0.846. The Hall–Kier alpha value is -1.14. The van der Waals surface area contributed by atoms with Crippen LogP contribution in [0.25, 0.3) is 0 Å². The van der Waals surface area contributed by atoms with E-state index in [1.807, 2.05) is 30.3 Å². The van der Waals surface area contributed by atoms with Crippen molar-refractivity contribution in [2.24, 2.45) is 0 Å². The predicted molar refractivity (Wildman–Crippen MR) is 50.6 cm³/mol. The van der Waals surface area contributed by atoms with Gasteiger partial charge < -0.3 is 4.74 Å². The van der Waals surface area contributed by atoms with Crippen LogP contribution in [0, 0.1) is 0 Å². The Morgan fingerprint density at radius 3 is 2.67 bits per heavy atom. The zero-order valence-corrected chi connectivity index (χ0v) is 7.49. The van der Waals surface area contributed by atoms with Crippen LogP contribution in [-0.4, -0.2) is 11.8 Å². The van der Waals surface area contributed by atoms with Gasteiger partial charge in [-0.1, -0.05) is 30.3 Å². The molecule has 0 saturated heterocycles. The Balaban J connectivity index is 2.43. The van der Waals surface area contributed by atoms with Gasteiger partial charge in [-0.15, -0.1) is 8.86 Å². The van der Waals surface area contributed by atoms with Crippen molar-refractivity contribution in [3.05, 3.63) is 35.9 Å². The van der Waals surface area contributed by atoms with Gasteiger partial charge in [-0.05, 0) is 5.56 Å². The minimum absolute atomic E-state index is 0.320. The SMILES string of the molecule is O=C(C=P)OCc1ccccc1. The molecule has 1 aromatic rings. The highest BCUT2D eigenvalue weighted by Gasteiger charge is 1.95. The molecule has 0 aliphatic heterocycles. The molecule has 2 nitrogen and oxygen atoms in total. The molecule has 0 bridgehead atoms. The highest BCUT2D eigenvalue weighted by atomic mass is 31.0. The molecule has 12 heavy (non-hydrogen) atoms. The van der Waals surface area contributed by atoms with E-state index in [4.69, 9.17) is 4.74 Å². The van der Waals surface area contributed by atoms with Crippen LogP contribution in [0.3, 0.4) is 0 Å². The fourth-order valence-electron chi connectivity index (χ4n) is 0.770. The van der Waals surface area contributed by atoms with E-state index in [2.05, 4.69) is 8.86 Å². The molecule has 0 fully saturated rings. The third-order valence-corrected chi connectivity index (χ3v) is 1.58. The van der Waals surface area contributed by atoms with Crippen LogP contribution in [0.5, 0.6) is 0 Å². The maximum atomic E-state index is 10.7. The van der Waals surface area contributed by atoms with E-state index in [0.717, 1.165) is 5.56 Å². The van der Waals surface area contributed by atoms with Crippen LogP contribution >= 0.6 is 8.86 Å². The van der Waals surface area contributed by atoms with Crippen molar-refractivity contribution in [2.75, 3.05) is 0 Å². The summed E-state index contributed by atoms with van der Waals surface area (Å²) >= 11 is 0. The van der Waals surface area contributed by atoms with Gasteiger partial charge >= 0.3 is 5.97 Å². The molecule has 0 aromatic heterocycles. The van der Waals surface area contributed by atoms with Gasteiger partial charge in [0.05, 0.1) is 0 Å². The number of carbonyl (C=O) groups excluding carboxylic acids is 1. The lowest BCUT2D eigenvalue weighted by molar-refractivity contribution is -0.136. The maximum Gasteiger partial charge on any atom is 0.335 e. The predicted octanol–water partition coefficient (Wildman–Crippen LogP) is 1.67. The average molecular weight is 180 g/mol. The summed E-state index contributed by atoms with van der Waals surface area (Å²) in [6, 6.07) is 9.53. The summed E-state index contributed by atoms with van der Waals surface area (Å²) in [6.07, 6.45) is 0. The molecular weight excluding hydrogens is 171 g/mol. The topological polar surface area (TPSA) is 26.3 Å². The molecule has 62 valence electrons. The molecular formula is C9H9O2P. The Labute approximate surface area is 73.4 Å².